The van der Waals surface area contributed by atoms with Crippen LogP contribution in [0.4, 0.5) is 0 Å². The van der Waals surface area contributed by atoms with E-state index in [0.29, 0.717) is 0 Å². The van der Waals surface area contributed by atoms with Crippen molar-refractivity contribution >= 4 is 17.2 Å². The molecule has 1 heterocycles. The van der Waals surface area contributed by atoms with E-state index in [2.05, 4.69) is 66.8 Å². The first-order chi connectivity index (χ1) is 11.6. The first-order valence-electron chi connectivity index (χ1n) is 8.24. The second-order valence-corrected chi connectivity index (χ2v) is 7.00. The van der Waals surface area contributed by atoms with E-state index in [9.17, 15) is 0 Å². The van der Waals surface area contributed by atoms with Gasteiger partial charge in [0.25, 0.3) is 0 Å². The standard InChI is InChI=1S/C20H24N2OS/c1-22(2)12-11-20(15-7-5-4-6-8-15)14-21-19(24)17-10-9-16(23-3)13-18(17)20/h4-10,13H,11-12,14H2,1-3H3,(H,21,24). The molecule has 3 rings (SSSR count). The van der Waals surface area contributed by atoms with Gasteiger partial charge in [-0.3, -0.25) is 0 Å². The Bertz CT molecular complexity index is 730. The van der Waals surface area contributed by atoms with Crippen LogP contribution in [-0.2, 0) is 5.41 Å². The SMILES string of the molecule is COc1ccc2c(c1)C(CCN(C)C)(c1ccccc1)CNC2=S. The highest BCUT2D eigenvalue weighted by Crippen LogP contribution is 2.41. The van der Waals surface area contributed by atoms with Gasteiger partial charge in [0, 0.05) is 17.5 Å². The molecule has 0 amide bonds. The van der Waals surface area contributed by atoms with Gasteiger partial charge < -0.3 is 15.0 Å². The topological polar surface area (TPSA) is 24.5 Å². The van der Waals surface area contributed by atoms with Crippen LogP contribution in [0.5, 0.6) is 5.75 Å². The molecule has 1 N–H and O–H groups in total. The first-order valence-corrected chi connectivity index (χ1v) is 8.64. The number of rotatable bonds is 5. The molecular weight excluding hydrogens is 316 g/mol. The van der Waals surface area contributed by atoms with Crippen LogP contribution in [0.2, 0.25) is 0 Å². The highest BCUT2D eigenvalue weighted by molar-refractivity contribution is 7.80. The van der Waals surface area contributed by atoms with Crippen molar-refractivity contribution < 1.29 is 4.74 Å². The number of benzene rings is 2. The molecular formula is C20H24N2OS. The highest BCUT2D eigenvalue weighted by Gasteiger charge is 2.39. The van der Waals surface area contributed by atoms with E-state index in [0.717, 1.165) is 35.8 Å². The number of methoxy groups -OCH3 is 1. The van der Waals surface area contributed by atoms with E-state index >= 15 is 0 Å². The highest BCUT2D eigenvalue weighted by atomic mass is 32.1. The monoisotopic (exact) mass is 340 g/mol. The van der Waals surface area contributed by atoms with E-state index in [1.54, 1.807) is 7.11 Å². The fraction of sp³-hybridized carbons (Fsp3) is 0.350. The summed E-state index contributed by atoms with van der Waals surface area (Å²) in [6.07, 6.45) is 1.01. The van der Waals surface area contributed by atoms with E-state index in [-0.39, 0.29) is 5.41 Å². The lowest BCUT2D eigenvalue weighted by Crippen LogP contribution is -2.48. The largest absolute Gasteiger partial charge is 0.497 e. The van der Waals surface area contributed by atoms with Crippen molar-refractivity contribution in [2.75, 3.05) is 34.3 Å². The minimum absolute atomic E-state index is 0.113. The van der Waals surface area contributed by atoms with Crippen molar-refractivity contribution in [2.45, 2.75) is 11.8 Å². The van der Waals surface area contributed by atoms with E-state index in [4.69, 9.17) is 17.0 Å². The minimum atomic E-state index is -0.113. The molecule has 0 fully saturated rings. The normalized spacial score (nSPS) is 19.8. The minimum Gasteiger partial charge on any atom is -0.497 e. The Morgan fingerprint density at radius 3 is 2.58 bits per heavy atom. The first kappa shape index (κ1) is 16.9. The van der Waals surface area contributed by atoms with Crippen LogP contribution in [0.15, 0.2) is 48.5 Å². The summed E-state index contributed by atoms with van der Waals surface area (Å²) in [5.41, 5.74) is 3.58. The second-order valence-electron chi connectivity index (χ2n) is 6.60. The maximum Gasteiger partial charge on any atom is 0.119 e. The summed E-state index contributed by atoms with van der Waals surface area (Å²) in [5.74, 6) is 0.878. The van der Waals surface area contributed by atoms with Crippen LogP contribution in [0.25, 0.3) is 0 Å². The quantitative estimate of drug-likeness (QED) is 0.845. The van der Waals surface area contributed by atoms with Gasteiger partial charge in [0.05, 0.1) is 7.11 Å². The van der Waals surface area contributed by atoms with Crippen molar-refractivity contribution in [1.82, 2.24) is 10.2 Å². The summed E-state index contributed by atoms with van der Waals surface area (Å²) in [7, 11) is 5.95. The molecule has 3 nitrogen and oxygen atoms in total. The molecule has 24 heavy (non-hydrogen) atoms. The van der Waals surface area contributed by atoms with Crippen LogP contribution in [-0.4, -0.2) is 44.2 Å². The van der Waals surface area contributed by atoms with E-state index < -0.39 is 0 Å². The Hall–Kier alpha value is -1.91. The Morgan fingerprint density at radius 1 is 1.17 bits per heavy atom. The van der Waals surface area contributed by atoms with Crippen LogP contribution in [0.1, 0.15) is 23.1 Å². The summed E-state index contributed by atoms with van der Waals surface area (Å²) >= 11 is 5.57. The third kappa shape index (κ3) is 3.04. The Kier molecular flexibility index (Phi) is 4.88. The number of fused-ring (bicyclic) bond motifs is 1. The number of thiocarbonyl (C=S) groups is 1. The maximum absolute atomic E-state index is 5.57. The van der Waals surface area contributed by atoms with E-state index in [1.807, 2.05) is 6.07 Å². The number of nitrogens with one attached hydrogen (secondary N) is 1. The molecule has 4 heteroatoms. The Balaban J connectivity index is 2.19. The zero-order chi connectivity index (χ0) is 17.2. The molecule has 0 radical (unpaired) electrons. The third-order valence-corrected chi connectivity index (χ3v) is 5.21. The maximum atomic E-state index is 5.57. The van der Waals surface area contributed by atoms with Crippen LogP contribution in [0.3, 0.4) is 0 Å². The molecule has 0 saturated heterocycles. The lowest BCUT2D eigenvalue weighted by atomic mass is 9.68. The van der Waals surface area contributed by atoms with Gasteiger partial charge in [0.15, 0.2) is 0 Å². The summed E-state index contributed by atoms with van der Waals surface area (Å²) in [5, 5.41) is 3.46. The molecule has 2 aromatic carbocycles. The average Bonchev–Trinajstić information content (AvgIpc) is 2.62. The molecule has 1 atom stereocenters. The molecule has 0 bridgehead atoms. The predicted molar refractivity (Wildman–Crippen MR) is 103 cm³/mol. The summed E-state index contributed by atoms with van der Waals surface area (Å²) in [6, 6.07) is 16.9. The fourth-order valence-corrected chi connectivity index (χ4v) is 3.71. The molecule has 0 aromatic heterocycles. The smallest absolute Gasteiger partial charge is 0.119 e. The van der Waals surface area contributed by atoms with Gasteiger partial charge >= 0.3 is 0 Å². The molecule has 0 spiro atoms. The lowest BCUT2D eigenvalue weighted by molar-refractivity contribution is 0.337. The fourth-order valence-electron chi connectivity index (χ4n) is 3.46. The van der Waals surface area contributed by atoms with Gasteiger partial charge in [0.1, 0.15) is 10.7 Å². The zero-order valence-corrected chi connectivity index (χ0v) is 15.3. The Morgan fingerprint density at radius 2 is 1.92 bits per heavy atom. The van der Waals surface area contributed by atoms with Crippen molar-refractivity contribution in [3.63, 3.8) is 0 Å². The Labute approximate surface area is 149 Å². The molecule has 1 unspecified atom stereocenters. The van der Waals surface area contributed by atoms with E-state index in [1.165, 1.54) is 11.1 Å². The van der Waals surface area contributed by atoms with Crippen LogP contribution < -0.4 is 10.1 Å². The third-order valence-electron chi connectivity index (χ3n) is 4.85. The van der Waals surface area contributed by atoms with Crippen molar-refractivity contribution in [1.29, 1.82) is 0 Å². The van der Waals surface area contributed by atoms with Gasteiger partial charge in [0.2, 0.25) is 0 Å². The number of nitrogens with zero attached hydrogens (tertiary/aromatic N) is 1. The van der Waals surface area contributed by atoms with Gasteiger partial charge in [-0.1, -0.05) is 42.5 Å². The van der Waals surface area contributed by atoms with Crippen molar-refractivity contribution in [3.8, 4) is 5.75 Å². The van der Waals surface area contributed by atoms with Gasteiger partial charge in [-0.2, -0.15) is 0 Å². The lowest BCUT2D eigenvalue weighted by Gasteiger charge is -2.41. The number of hydrogen-bond donors (Lipinski definition) is 1. The molecule has 1 aliphatic heterocycles. The van der Waals surface area contributed by atoms with Crippen molar-refractivity contribution in [3.05, 3.63) is 65.2 Å². The summed E-state index contributed by atoms with van der Waals surface area (Å²) in [6.45, 7) is 1.81. The van der Waals surface area contributed by atoms with Crippen LogP contribution in [0, 0.1) is 0 Å². The van der Waals surface area contributed by atoms with Gasteiger partial charge in [-0.05, 0) is 56.4 Å². The average molecular weight is 340 g/mol. The van der Waals surface area contributed by atoms with Gasteiger partial charge in [-0.25, -0.2) is 0 Å². The predicted octanol–water partition coefficient (Wildman–Crippen LogP) is 3.21. The van der Waals surface area contributed by atoms with Crippen molar-refractivity contribution in [2.24, 2.45) is 0 Å². The second kappa shape index (κ2) is 6.91. The zero-order valence-electron chi connectivity index (χ0n) is 14.5. The molecule has 1 aliphatic rings. The number of ether oxygens (including phenoxy) is 1. The summed E-state index contributed by atoms with van der Waals surface area (Å²) in [4.78, 5) is 3.06. The molecule has 0 aliphatic carbocycles. The summed E-state index contributed by atoms with van der Waals surface area (Å²) < 4.78 is 5.50. The molecule has 2 aromatic rings. The van der Waals surface area contributed by atoms with Gasteiger partial charge in [-0.15, -0.1) is 0 Å². The molecule has 0 saturated carbocycles. The number of hydrogen-bond acceptors (Lipinski definition) is 3. The van der Waals surface area contributed by atoms with Crippen LogP contribution >= 0.6 is 12.2 Å². The molecule has 126 valence electrons.